The van der Waals surface area contributed by atoms with Gasteiger partial charge in [0, 0.05) is 13.1 Å². The predicted octanol–water partition coefficient (Wildman–Crippen LogP) is -2.32. The number of nitrogens with zero attached hydrogens (tertiary/aromatic N) is 2. The first-order valence-electron chi connectivity index (χ1n) is 6.48. The van der Waals surface area contributed by atoms with Gasteiger partial charge >= 0.3 is 33.0 Å². The van der Waals surface area contributed by atoms with Gasteiger partial charge in [0.15, 0.2) is 0 Å². The molecule has 0 atom stereocenters. The molecule has 2 N–H and O–H groups in total. The fraction of sp³-hybridized carbons (Fsp3) is 0.600. The highest BCUT2D eigenvalue weighted by molar-refractivity contribution is 8.68. The molecule has 0 unspecified atom stereocenters. The van der Waals surface area contributed by atoms with E-state index < -0.39 is 59.2 Å². The van der Waals surface area contributed by atoms with Crippen LogP contribution in [0.2, 0.25) is 0 Å². The second-order valence-electron chi connectivity index (χ2n) is 4.66. The van der Waals surface area contributed by atoms with E-state index in [1.54, 1.807) is 0 Å². The fourth-order valence-electron chi connectivity index (χ4n) is 1.68. The van der Waals surface area contributed by atoms with Crippen LogP contribution in [0.1, 0.15) is 0 Å². The van der Waals surface area contributed by atoms with Crippen molar-refractivity contribution in [3.05, 3.63) is 0 Å². The highest BCUT2D eigenvalue weighted by Crippen LogP contribution is 2.17. The van der Waals surface area contributed by atoms with Crippen LogP contribution in [0.4, 0.5) is 0 Å². The second kappa shape index (κ2) is 9.52. The lowest BCUT2D eigenvalue weighted by Crippen LogP contribution is -2.44. The van der Waals surface area contributed by atoms with E-state index in [1.165, 1.54) is 0 Å². The largest absolute Gasteiger partial charge is 0.480 e. The van der Waals surface area contributed by atoms with Crippen LogP contribution < -0.4 is 0 Å². The summed E-state index contributed by atoms with van der Waals surface area (Å²) in [5.41, 5.74) is 0. The summed E-state index contributed by atoms with van der Waals surface area (Å²) in [5, 5.41) is 17.5. The smallest absolute Gasteiger partial charge is 0.394 e. The third-order valence-corrected chi connectivity index (χ3v) is 4.10. The molecule has 15 heteroatoms. The summed E-state index contributed by atoms with van der Waals surface area (Å²) in [4.78, 5) is 50.7. The van der Waals surface area contributed by atoms with Gasteiger partial charge < -0.3 is 14.4 Å². The topological polar surface area (TPSA) is 177 Å². The van der Waals surface area contributed by atoms with Crippen molar-refractivity contribution in [3.63, 3.8) is 0 Å². The van der Waals surface area contributed by atoms with Crippen molar-refractivity contribution in [3.8, 4) is 0 Å². The minimum atomic E-state index is -4.44. The number of aliphatic carboxylic acids is 2. The average molecular weight is 402 g/mol. The van der Waals surface area contributed by atoms with Gasteiger partial charge in [0.1, 0.15) is 6.54 Å². The minimum absolute atomic E-state index is 0.0951. The van der Waals surface area contributed by atoms with Gasteiger partial charge in [-0.1, -0.05) is 0 Å². The highest BCUT2D eigenvalue weighted by atomic mass is 33.2. The molecule has 0 aliphatic carbocycles. The van der Waals surface area contributed by atoms with Crippen LogP contribution in [-0.2, 0) is 41.7 Å². The molecule has 0 amide bonds. The molecule has 0 aromatic carbocycles. The van der Waals surface area contributed by atoms with Crippen molar-refractivity contribution in [2.45, 2.75) is 0 Å². The Balaban J connectivity index is 2.70. The van der Waals surface area contributed by atoms with Crippen molar-refractivity contribution in [1.82, 2.24) is 9.80 Å². The van der Waals surface area contributed by atoms with E-state index in [1.807, 2.05) is 0 Å². The zero-order valence-corrected chi connectivity index (χ0v) is 14.2. The number of hydrogen-bond donors (Lipinski definition) is 2. The summed E-state index contributed by atoms with van der Waals surface area (Å²) in [5.74, 6) is -4.64. The normalized spacial score (nSPS) is 19.1. The van der Waals surface area contributed by atoms with Gasteiger partial charge in [0.25, 0.3) is 0 Å². The maximum Gasteiger partial charge on any atom is 0.394 e. The summed E-state index contributed by atoms with van der Waals surface area (Å²) < 4.78 is 30.5. The van der Waals surface area contributed by atoms with Crippen molar-refractivity contribution < 1.29 is 51.2 Å². The SMILES string of the molecule is O=C(O)CN(CCN1CC(=O)OOS(=O)(=O)SOC(=O)C1)CC(=O)O. The van der Waals surface area contributed by atoms with Crippen LogP contribution in [0.25, 0.3) is 0 Å². The van der Waals surface area contributed by atoms with E-state index in [4.69, 9.17) is 10.2 Å². The van der Waals surface area contributed by atoms with Crippen LogP contribution in [0.3, 0.4) is 0 Å². The highest BCUT2D eigenvalue weighted by Gasteiger charge is 2.27. The molecule has 1 heterocycles. The maximum atomic E-state index is 11.5. The molecule has 142 valence electrons. The first-order chi connectivity index (χ1) is 11.6. The zero-order chi connectivity index (χ0) is 19.0. The lowest BCUT2D eigenvalue weighted by Gasteiger charge is -2.24. The minimum Gasteiger partial charge on any atom is -0.480 e. The van der Waals surface area contributed by atoms with Gasteiger partial charge in [0.2, 0.25) is 11.1 Å². The lowest BCUT2D eigenvalue weighted by atomic mass is 10.4. The van der Waals surface area contributed by atoms with Gasteiger partial charge in [-0.25, -0.2) is 9.59 Å². The molecule has 1 saturated heterocycles. The van der Waals surface area contributed by atoms with Crippen LogP contribution in [0.5, 0.6) is 0 Å². The average Bonchev–Trinajstić information content (AvgIpc) is 2.47. The molecule has 0 saturated carbocycles. The third-order valence-electron chi connectivity index (χ3n) is 2.58. The first-order valence-corrected chi connectivity index (χ1v) is 9.15. The predicted molar refractivity (Wildman–Crippen MR) is 77.9 cm³/mol. The summed E-state index contributed by atoms with van der Waals surface area (Å²) in [6, 6.07) is 0. The second-order valence-corrected chi connectivity index (χ2v) is 7.55. The Morgan fingerprint density at radius 1 is 1.12 bits per heavy atom. The number of rotatable bonds is 7. The molecule has 0 aromatic heterocycles. The molecule has 1 aliphatic rings. The Hall–Kier alpha value is -1.94. The summed E-state index contributed by atoms with van der Waals surface area (Å²) in [7, 11) is -4.44. The molecule has 1 aliphatic heterocycles. The molecular weight excluding hydrogens is 388 g/mol. The Morgan fingerprint density at radius 2 is 1.68 bits per heavy atom. The van der Waals surface area contributed by atoms with Crippen LogP contribution in [-0.4, -0.2) is 91.6 Å². The number of carboxylic acid groups (broad SMARTS) is 2. The summed E-state index contributed by atoms with van der Waals surface area (Å²) in [6.07, 6.45) is 0. The van der Waals surface area contributed by atoms with Gasteiger partial charge in [-0.3, -0.25) is 24.3 Å². The lowest BCUT2D eigenvalue weighted by molar-refractivity contribution is -0.211. The molecule has 13 nitrogen and oxygen atoms in total. The van der Waals surface area contributed by atoms with E-state index in [0.717, 1.165) is 9.80 Å². The monoisotopic (exact) mass is 402 g/mol. The van der Waals surface area contributed by atoms with Gasteiger partial charge in [-0.05, 0) is 4.33 Å². The van der Waals surface area contributed by atoms with E-state index in [9.17, 15) is 27.6 Å². The molecule has 0 spiro atoms. The summed E-state index contributed by atoms with van der Waals surface area (Å²) in [6.45, 7) is -2.40. The maximum absolute atomic E-state index is 11.5. The number of carbonyl (C=O) groups excluding carboxylic acids is 2. The van der Waals surface area contributed by atoms with Crippen molar-refractivity contribution >= 4 is 44.1 Å². The van der Waals surface area contributed by atoms with Crippen molar-refractivity contribution in [2.75, 3.05) is 39.3 Å². The van der Waals surface area contributed by atoms with E-state index in [-0.39, 0.29) is 24.2 Å². The third kappa shape index (κ3) is 9.20. The molecule has 1 fully saturated rings. The molecule has 0 bridgehead atoms. The standard InChI is InChI=1S/C10H14N2O11S2/c13-7(14)3-11(4-8(15)16)1-2-12-5-9(17)21-23-25(19,20)24-22-10(18)6-12/h1-6H2,(H,13,14)(H,15,16). The first kappa shape index (κ1) is 21.1. The fourth-order valence-corrected chi connectivity index (χ4v) is 2.70. The Bertz CT molecular complexity index is 591. The quantitative estimate of drug-likeness (QED) is 0.263. The van der Waals surface area contributed by atoms with Gasteiger partial charge in [0.05, 0.1) is 19.6 Å². The van der Waals surface area contributed by atoms with Crippen molar-refractivity contribution in [1.29, 1.82) is 0 Å². The van der Waals surface area contributed by atoms with Crippen LogP contribution in [0, 0.1) is 0 Å². The molecule has 0 radical (unpaired) electrons. The zero-order valence-electron chi connectivity index (χ0n) is 12.5. The Labute approximate surface area is 145 Å². The molecular formula is C10H14N2O11S2. The number of carbonyl (C=O) groups is 4. The van der Waals surface area contributed by atoms with E-state index in [0.29, 0.717) is 0 Å². The molecule has 0 aromatic rings. The molecule has 25 heavy (non-hydrogen) atoms. The molecule has 1 rings (SSSR count). The Morgan fingerprint density at radius 3 is 2.24 bits per heavy atom. The number of carboxylic acids is 2. The van der Waals surface area contributed by atoms with Gasteiger partial charge in [-0.15, -0.1) is 0 Å². The summed E-state index contributed by atoms with van der Waals surface area (Å²) >= 11 is -0.339. The van der Waals surface area contributed by atoms with Crippen LogP contribution >= 0.6 is 11.1 Å². The van der Waals surface area contributed by atoms with Crippen LogP contribution in [0.15, 0.2) is 0 Å². The van der Waals surface area contributed by atoms with Gasteiger partial charge in [-0.2, -0.15) is 8.42 Å². The Kier molecular flexibility index (Phi) is 8.04. The van der Waals surface area contributed by atoms with E-state index >= 15 is 0 Å². The van der Waals surface area contributed by atoms with E-state index in [2.05, 4.69) is 13.4 Å². The number of hydrogen-bond acceptors (Lipinski definition) is 12. The van der Waals surface area contributed by atoms with Crippen molar-refractivity contribution in [2.24, 2.45) is 0 Å².